The average molecular weight is 266 g/mol. The molecular formula is C9H6N4O4S. The van der Waals surface area contributed by atoms with E-state index in [-0.39, 0.29) is 5.56 Å². The number of hydrogen-bond donors (Lipinski definition) is 2. The van der Waals surface area contributed by atoms with Gasteiger partial charge in [0.05, 0.1) is 4.92 Å². The maximum atomic E-state index is 10.8. The summed E-state index contributed by atoms with van der Waals surface area (Å²) < 4.78 is 0. The van der Waals surface area contributed by atoms with Gasteiger partial charge >= 0.3 is 5.97 Å². The van der Waals surface area contributed by atoms with Crippen molar-refractivity contribution in [2.45, 2.75) is 10.1 Å². The molecule has 1 heterocycles. The van der Waals surface area contributed by atoms with Crippen LogP contribution < -0.4 is 0 Å². The molecule has 1 aromatic heterocycles. The molecule has 1 aromatic carbocycles. The van der Waals surface area contributed by atoms with E-state index in [1.165, 1.54) is 24.5 Å². The van der Waals surface area contributed by atoms with E-state index in [9.17, 15) is 14.9 Å². The summed E-state index contributed by atoms with van der Waals surface area (Å²) in [4.78, 5) is 25.2. The molecule has 0 bridgehead atoms. The molecular weight excluding hydrogens is 260 g/mol. The third kappa shape index (κ3) is 2.46. The van der Waals surface area contributed by atoms with Gasteiger partial charge in [-0.2, -0.15) is 5.10 Å². The van der Waals surface area contributed by atoms with Crippen LogP contribution in [0.5, 0.6) is 0 Å². The molecule has 0 atom stereocenters. The Morgan fingerprint density at radius 1 is 1.50 bits per heavy atom. The molecule has 0 saturated carbocycles. The predicted molar refractivity (Wildman–Crippen MR) is 60.6 cm³/mol. The van der Waals surface area contributed by atoms with Crippen LogP contribution in [0.25, 0.3) is 0 Å². The summed E-state index contributed by atoms with van der Waals surface area (Å²) in [6, 6.07) is 3.86. The fourth-order valence-electron chi connectivity index (χ4n) is 1.26. The minimum Gasteiger partial charge on any atom is -0.477 e. The summed E-state index contributed by atoms with van der Waals surface area (Å²) in [5.74, 6) is -1.34. The van der Waals surface area contributed by atoms with E-state index in [0.29, 0.717) is 10.1 Å². The van der Waals surface area contributed by atoms with Gasteiger partial charge in [0.1, 0.15) is 11.9 Å². The number of nitrogens with zero attached hydrogens (tertiary/aromatic N) is 3. The number of aromatic carboxylic acids is 1. The van der Waals surface area contributed by atoms with Crippen molar-refractivity contribution >= 4 is 23.4 Å². The first kappa shape index (κ1) is 12.0. The van der Waals surface area contributed by atoms with Crippen molar-refractivity contribution in [2.75, 3.05) is 0 Å². The first-order valence-corrected chi connectivity index (χ1v) is 5.44. The number of carboxylic acid groups (broad SMARTS) is 1. The Morgan fingerprint density at radius 2 is 2.28 bits per heavy atom. The molecule has 2 N–H and O–H groups in total. The summed E-state index contributed by atoms with van der Waals surface area (Å²) in [5, 5.41) is 26.3. The van der Waals surface area contributed by atoms with Crippen LogP contribution in [0, 0.1) is 10.1 Å². The molecule has 2 aromatic rings. The molecule has 92 valence electrons. The molecule has 2 rings (SSSR count). The van der Waals surface area contributed by atoms with Crippen molar-refractivity contribution in [3.63, 3.8) is 0 Å². The van der Waals surface area contributed by atoms with Gasteiger partial charge in [0.15, 0.2) is 5.16 Å². The summed E-state index contributed by atoms with van der Waals surface area (Å²) in [6.45, 7) is 0. The van der Waals surface area contributed by atoms with Crippen LogP contribution in [0.1, 0.15) is 10.4 Å². The second kappa shape index (κ2) is 4.84. The molecule has 18 heavy (non-hydrogen) atoms. The van der Waals surface area contributed by atoms with Gasteiger partial charge in [-0.3, -0.25) is 15.2 Å². The molecule has 0 aliphatic rings. The summed E-state index contributed by atoms with van der Waals surface area (Å²) in [7, 11) is 0. The van der Waals surface area contributed by atoms with E-state index in [1.54, 1.807) is 0 Å². The summed E-state index contributed by atoms with van der Waals surface area (Å²) in [5.41, 5.74) is -0.797. The zero-order valence-corrected chi connectivity index (χ0v) is 9.55. The number of nitro groups is 1. The van der Waals surface area contributed by atoms with E-state index in [2.05, 4.69) is 15.2 Å². The number of carboxylic acids is 1. The van der Waals surface area contributed by atoms with E-state index in [1.807, 2.05) is 0 Å². The number of H-pyrrole nitrogens is 1. The summed E-state index contributed by atoms with van der Waals surface area (Å²) >= 11 is 1.12. The molecule has 8 nitrogen and oxygen atoms in total. The van der Waals surface area contributed by atoms with E-state index in [4.69, 9.17) is 5.11 Å². The second-order valence-electron chi connectivity index (χ2n) is 3.13. The fourth-order valence-corrected chi connectivity index (χ4v) is 1.99. The Bertz CT molecular complexity index is 599. The van der Waals surface area contributed by atoms with Gasteiger partial charge < -0.3 is 5.11 Å². The highest BCUT2D eigenvalue weighted by molar-refractivity contribution is 7.99. The fraction of sp³-hybridized carbons (Fsp3) is 0. The van der Waals surface area contributed by atoms with E-state index >= 15 is 0 Å². The number of hydrogen-bond acceptors (Lipinski definition) is 6. The Hall–Kier alpha value is -2.42. The van der Waals surface area contributed by atoms with Gasteiger partial charge in [0.2, 0.25) is 0 Å². The van der Waals surface area contributed by atoms with E-state index < -0.39 is 16.6 Å². The van der Waals surface area contributed by atoms with Gasteiger partial charge in [0, 0.05) is 11.0 Å². The van der Waals surface area contributed by atoms with Gasteiger partial charge in [-0.1, -0.05) is 11.8 Å². The highest BCUT2D eigenvalue weighted by atomic mass is 32.2. The number of benzene rings is 1. The number of nitro benzene ring substituents is 1. The molecule has 0 amide bonds. The smallest absolute Gasteiger partial charge is 0.342 e. The lowest BCUT2D eigenvalue weighted by atomic mass is 10.2. The van der Waals surface area contributed by atoms with Crippen molar-refractivity contribution in [1.29, 1.82) is 0 Å². The van der Waals surface area contributed by atoms with Crippen molar-refractivity contribution < 1.29 is 14.8 Å². The highest BCUT2D eigenvalue weighted by Gasteiger charge is 2.20. The van der Waals surface area contributed by atoms with Crippen LogP contribution in [0.2, 0.25) is 0 Å². The average Bonchev–Trinajstić information content (AvgIpc) is 2.81. The summed E-state index contributed by atoms with van der Waals surface area (Å²) in [6.07, 6.45) is 1.31. The van der Waals surface area contributed by atoms with Crippen molar-refractivity contribution in [3.8, 4) is 0 Å². The maximum Gasteiger partial charge on any atom is 0.342 e. The lowest BCUT2D eigenvalue weighted by molar-refractivity contribution is -0.385. The number of carbonyl (C=O) groups is 1. The van der Waals surface area contributed by atoms with Crippen molar-refractivity contribution in [3.05, 3.63) is 40.2 Å². The predicted octanol–water partition coefficient (Wildman–Crippen LogP) is 1.56. The van der Waals surface area contributed by atoms with Crippen molar-refractivity contribution in [2.24, 2.45) is 0 Å². The van der Waals surface area contributed by atoms with Crippen LogP contribution in [0.3, 0.4) is 0 Å². The van der Waals surface area contributed by atoms with Gasteiger partial charge in [-0.05, 0) is 12.1 Å². The molecule has 0 fully saturated rings. The molecule has 0 aliphatic heterocycles. The molecule has 9 heteroatoms. The Kier molecular flexibility index (Phi) is 3.24. The maximum absolute atomic E-state index is 10.8. The minimum atomic E-state index is -1.34. The second-order valence-corrected chi connectivity index (χ2v) is 4.20. The number of rotatable bonds is 4. The molecule has 0 unspecified atom stereocenters. The third-order valence-electron chi connectivity index (χ3n) is 2.00. The van der Waals surface area contributed by atoms with Crippen LogP contribution in [-0.2, 0) is 0 Å². The number of nitrogens with one attached hydrogen (secondary N) is 1. The first-order valence-electron chi connectivity index (χ1n) is 4.63. The van der Waals surface area contributed by atoms with Crippen LogP contribution in [0.4, 0.5) is 5.69 Å². The Morgan fingerprint density at radius 3 is 2.83 bits per heavy atom. The molecule has 0 radical (unpaired) electrons. The molecule has 0 spiro atoms. The normalized spacial score (nSPS) is 10.2. The SMILES string of the molecule is O=C(O)c1ccc(Sc2ncn[nH]2)cc1[N+](=O)[O-]. The molecule has 0 saturated heterocycles. The minimum absolute atomic E-state index is 0.345. The number of aromatic nitrogens is 3. The van der Waals surface area contributed by atoms with Crippen LogP contribution in [0.15, 0.2) is 34.6 Å². The first-order chi connectivity index (χ1) is 8.58. The van der Waals surface area contributed by atoms with Gasteiger partial charge in [-0.15, -0.1) is 0 Å². The zero-order chi connectivity index (χ0) is 13.1. The Labute approximate surface area is 104 Å². The Balaban J connectivity index is 2.37. The topological polar surface area (TPSA) is 122 Å². The van der Waals surface area contributed by atoms with Crippen LogP contribution >= 0.6 is 11.8 Å². The zero-order valence-electron chi connectivity index (χ0n) is 8.73. The molecule has 0 aliphatic carbocycles. The van der Waals surface area contributed by atoms with E-state index in [0.717, 1.165) is 11.8 Å². The lowest BCUT2D eigenvalue weighted by Gasteiger charge is -2.01. The van der Waals surface area contributed by atoms with Gasteiger partial charge in [0.25, 0.3) is 5.69 Å². The monoisotopic (exact) mass is 266 g/mol. The standard InChI is InChI=1S/C9H6N4O4S/c14-8(15)6-2-1-5(3-7(6)13(16)17)18-9-10-4-11-12-9/h1-4H,(H,14,15)(H,10,11,12). The lowest BCUT2D eigenvalue weighted by Crippen LogP contribution is -2.02. The highest BCUT2D eigenvalue weighted by Crippen LogP contribution is 2.29. The van der Waals surface area contributed by atoms with Crippen molar-refractivity contribution in [1.82, 2.24) is 15.2 Å². The number of aromatic amines is 1. The van der Waals surface area contributed by atoms with Crippen LogP contribution in [-0.4, -0.2) is 31.2 Å². The quantitative estimate of drug-likeness (QED) is 0.635. The third-order valence-corrected chi connectivity index (χ3v) is 2.88. The largest absolute Gasteiger partial charge is 0.477 e. The van der Waals surface area contributed by atoms with Gasteiger partial charge in [-0.25, -0.2) is 9.78 Å².